The summed E-state index contributed by atoms with van der Waals surface area (Å²) in [6.45, 7) is 6.76. The van der Waals surface area contributed by atoms with Crippen LogP contribution < -0.4 is 0 Å². The number of esters is 1. The van der Waals surface area contributed by atoms with Gasteiger partial charge in [0.2, 0.25) is 0 Å². The molecule has 2 atom stereocenters. The summed E-state index contributed by atoms with van der Waals surface area (Å²) in [6, 6.07) is 7.54. The molecule has 0 spiro atoms. The number of hydrogen-bond acceptors (Lipinski definition) is 3. The molecule has 0 saturated heterocycles. The smallest absolute Gasteiger partial charge is 0.311 e. The summed E-state index contributed by atoms with van der Waals surface area (Å²) in [6.07, 6.45) is 1.27. The van der Waals surface area contributed by atoms with E-state index >= 15 is 0 Å². The van der Waals surface area contributed by atoms with Gasteiger partial charge in [-0.1, -0.05) is 30.7 Å². The minimum Gasteiger partial charge on any atom is -0.466 e. The average Bonchev–Trinajstić information content (AvgIpc) is 2.45. The second-order valence-corrected chi connectivity index (χ2v) is 5.03. The van der Waals surface area contributed by atoms with Gasteiger partial charge < -0.3 is 9.47 Å². The molecule has 0 amide bonds. The van der Waals surface area contributed by atoms with Gasteiger partial charge in [0.05, 0.1) is 18.6 Å². The summed E-state index contributed by atoms with van der Waals surface area (Å²) in [7, 11) is 0. The minimum absolute atomic E-state index is 0.116. The first-order chi connectivity index (χ1) is 9.62. The molecule has 20 heavy (non-hydrogen) atoms. The largest absolute Gasteiger partial charge is 0.466 e. The standard InChI is InChI=1S/C16H23ClO3/c1-4-15(19-5-2)14(16(18)20-6-3)11-12-7-9-13(17)10-8-12/h7-10,14-15H,4-6,11H2,1-3H3. The molecule has 0 bridgehead atoms. The maximum Gasteiger partial charge on any atom is 0.311 e. The number of ether oxygens (including phenoxy) is 2. The number of carbonyl (C=O) groups excluding carboxylic acids is 1. The molecule has 4 heteroatoms. The third kappa shape index (κ3) is 5.14. The predicted octanol–water partition coefficient (Wildman–Crippen LogP) is 3.88. The van der Waals surface area contributed by atoms with Crippen LogP contribution in [0.1, 0.15) is 32.8 Å². The maximum atomic E-state index is 12.2. The van der Waals surface area contributed by atoms with Gasteiger partial charge in [0.1, 0.15) is 0 Å². The molecule has 0 aliphatic carbocycles. The van der Waals surface area contributed by atoms with Crippen LogP contribution in [0.2, 0.25) is 5.02 Å². The molecule has 0 aliphatic heterocycles. The first-order valence-electron chi connectivity index (χ1n) is 7.15. The van der Waals surface area contributed by atoms with E-state index in [9.17, 15) is 4.79 Å². The zero-order valence-electron chi connectivity index (χ0n) is 12.4. The first kappa shape index (κ1) is 17.0. The van der Waals surface area contributed by atoms with Crippen molar-refractivity contribution in [3.05, 3.63) is 34.9 Å². The average molecular weight is 299 g/mol. The fourth-order valence-electron chi connectivity index (χ4n) is 2.22. The van der Waals surface area contributed by atoms with Crippen molar-refractivity contribution in [1.29, 1.82) is 0 Å². The van der Waals surface area contributed by atoms with Crippen LogP contribution in [0.3, 0.4) is 0 Å². The van der Waals surface area contributed by atoms with Crippen molar-refractivity contribution in [2.45, 2.75) is 39.7 Å². The van der Waals surface area contributed by atoms with Gasteiger partial charge in [-0.15, -0.1) is 0 Å². The number of benzene rings is 1. The van der Waals surface area contributed by atoms with Crippen LogP contribution in [-0.2, 0) is 20.7 Å². The van der Waals surface area contributed by atoms with Crippen molar-refractivity contribution < 1.29 is 14.3 Å². The molecular formula is C16H23ClO3. The highest BCUT2D eigenvalue weighted by Gasteiger charge is 2.29. The summed E-state index contributed by atoms with van der Waals surface area (Å²) in [5.41, 5.74) is 1.06. The van der Waals surface area contributed by atoms with Crippen molar-refractivity contribution >= 4 is 17.6 Å². The molecule has 3 nitrogen and oxygen atoms in total. The zero-order chi connectivity index (χ0) is 15.0. The van der Waals surface area contributed by atoms with Gasteiger partial charge >= 0.3 is 5.97 Å². The van der Waals surface area contributed by atoms with E-state index in [0.717, 1.165) is 12.0 Å². The molecule has 0 aromatic heterocycles. The fourth-order valence-corrected chi connectivity index (χ4v) is 2.35. The molecule has 0 saturated carbocycles. The Bertz CT molecular complexity index is 403. The Morgan fingerprint density at radius 3 is 2.30 bits per heavy atom. The van der Waals surface area contributed by atoms with Gasteiger partial charge in [-0.3, -0.25) is 4.79 Å². The van der Waals surface area contributed by atoms with E-state index in [1.807, 2.05) is 45.0 Å². The Kier molecular flexibility index (Phi) is 7.63. The molecule has 112 valence electrons. The zero-order valence-corrected chi connectivity index (χ0v) is 13.2. The number of carbonyl (C=O) groups is 1. The van der Waals surface area contributed by atoms with Crippen molar-refractivity contribution in [1.82, 2.24) is 0 Å². The Hall–Kier alpha value is -1.06. The predicted molar refractivity (Wildman–Crippen MR) is 81.0 cm³/mol. The summed E-state index contributed by atoms with van der Waals surface area (Å²) >= 11 is 5.88. The Balaban J connectivity index is 2.85. The van der Waals surface area contributed by atoms with Gasteiger partial charge in [-0.2, -0.15) is 0 Å². The topological polar surface area (TPSA) is 35.5 Å². The summed E-state index contributed by atoms with van der Waals surface area (Å²) in [5, 5.41) is 0.693. The molecule has 1 aromatic rings. The lowest BCUT2D eigenvalue weighted by molar-refractivity contribution is -0.153. The molecule has 2 unspecified atom stereocenters. The van der Waals surface area contributed by atoms with E-state index in [-0.39, 0.29) is 18.0 Å². The van der Waals surface area contributed by atoms with Crippen LogP contribution in [0.5, 0.6) is 0 Å². The second-order valence-electron chi connectivity index (χ2n) is 4.59. The molecule has 0 N–H and O–H groups in total. The van der Waals surface area contributed by atoms with Crippen LogP contribution in [-0.4, -0.2) is 25.3 Å². The lowest BCUT2D eigenvalue weighted by Crippen LogP contribution is -2.33. The van der Waals surface area contributed by atoms with Crippen molar-refractivity contribution in [2.75, 3.05) is 13.2 Å². The molecule has 0 aliphatic rings. The third-order valence-corrected chi connectivity index (χ3v) is 3.44. The first-order valence-corrected chi connectivity index (χ1v) is 7.52. The van der Waals surface area contributed by atoms with Gasteiger partial charge in [-0.25, -0.2) is 0 Å². The fraction of sp³-hybridized carbons (Fsp3) is 0.562. The monoisotopic (exact) mass is 298 g/mol. The van der Waals surface area contributed by atoms with E-state index < -0.39 is 0 Å². The highest BCUT2D eigenvalue weighted by molar-refractivity contribution is 6.30. The Labute approximate surface area is 126 Å². The van der Waals surface area contributed by atoms with E-state index in [1.54, 1.807) is 0 Å². The van der Waals surface area contributed by atoms with Crippen LogP contribution in [0.15, 0.2) is 24.3 Å². The second kappa shape index (κ2) is 8.98. The molecule has 0 radical (unpaired) electrons. The Morgan fingerprint density at radius 1 is 1.15 bits per heavy atom. The Morgan fingerprint density at radius 2 is 1.80 bits per heavy atom. The molecule has 1 aromatic carbocycles. The van der Waals surface area contributed by atoms with Gasteiger partial charge in [0.25, 0.3) is 0 Å². The summed E-state index contributed by atoms with van der Waals surface area (Å²) in [4.78, 5) is 12.2. The third-order valence-electron chi connectivity index (χ3n) is 3.19. The minimum atomic E-state index is -0.277. The highest BCUT2D eigenvalue weighted by Crippen LogP contribution is 2.21. The van der Waals surface area contributed by atoms with Crippen LogP contribution >= 0.6 is 11.6 Å². The molecule has 0 fully saturated rings. The van der Waals surface area contributed by atoms with E-state index in [2.05, 4.69) is 0 Å². The van der Waals surface area contributed by atoms with E-state index in [1.165, 1.54) is 0 Å². The van der Waals surface area contributed by atoms with Crippen LogP contribution in [0.4, 0.5) is 0 Å². The van der Waals surface area contributed by atoms with Crippen molar-refractivity contribution in [2.24, 2.45) is 5.92 Å². The van der Waals surface area contributed by atoms with Crippen molar-refractivity contribution in [3.63, 3.8) is 0 Å². The summed E-state index contributed by atoms with van der Waals surface area (Å²) < 4.78 is 10.9. The number of rotatable bonds is 8. The maximum absolute atomic E-state index is 12.2. The number of halogens is 1. The lowest BCUT2D eigenvalue weighted by Gasteiger charge is -2.24. The summed E-state index contributed by atoms with van der Waals surface area (Å²) in [5.74, 6) is -0.469. The normalized spacial score (nSPS) is 13.8. The SMILES string of the molecule is CCOC(=O)C(Cc1ccc(Cl)cc1)C(CC)OCC. The van der Waals surface area contributed by atoms with Gasteiger partial charge in [0.15, 0.2) is 0 Å². The highest BCUT2D eigenvalue weighted by atomic mass is 35.5. The molecular weight excluding hydrogens is 276 g/mol. The van der Waals surface area contributed by atoms with Crippen molar-refractivity contribution in [3.8, 4) is 0 Å². The number of hydrogen-bond donors (Lipinski definition) is 0. The van der Waals surface area contributed by atoms with Crippen LogP contribution in [0.25, 0.3) is 0 Å². The molecule has 1 rings (SSSR count). The van der Waals surface area contributed by atoms with E-state index in [4.69, 9.17) is 21.1 Å². The molecule has 0 heterocycles. The van der Waals surface area contributed by atoms with Crippen LogP contribution in [0, 0.1) is 5.92 Å². The van der Waals surface area contributed by atoms with Gasteiger partial charge in [0, 0.05) is 11.6 Å². The van der Waals surface area contributed by atoms with Gasteiger partial charge in [-0.05, 0) is 44.4 Å². The van der Waals surface area contributed by atoms with E-state index in [0.29, 0.717) is 24.7 Å². The lowest BCUT2D eigenvalue weighted by atomic mass is 9.92. The quantitative estimate of drug-likeness (QED) is 0.683.